The summed E-state index contributed by atoms with van der Waals surface area (Å²) in [6.45, 7) is 0. The molecule has 0 saturated heterocycles. The molecule has 2 heterocycles. The van der Waals surface area contributed by atoms with Gasteiger partial charge in [-0.3, -0.25) is 4.98 Å². The minimum Gasteiger partial charge on any atom is -0.368 e. The fourth-order valence-electron chi connectivity index (χ4n) is 2.07. The van der Waals surface area contributed by atoms with E-state index >= 15 is 0 Å². The zero-order valence-corrected chi connectivity index (χ0v) is 13.4. The van der Waals surface area contributed by atoms with Crippen molar-refractivity contribution in [1.82, 2.24) is 9.97 Å². The Bertz CT molecular complexity index is 749. The highest BCUT2D eigenvalue weighted by molar-refractivity contribution is 7.15. The third-order valence-corrected chi connectivity index (χ3v) is 4.83. The van der Waals surface area contributed by atoms with Crippen LogP contribution in [-0.2, 0) is 0 Å². The predicted octanol–water partition coefficient (Wildman–Crippen LogP) is 3.99. The fraction of sp³-hybridized carbons (Fsp3) is 0.125. The van der Waals surface area contributed by atoms with Crippen molar-refractivity contribution >= 4 is 28.6 Å². The van der Waals surface area contributed by atoms with Gasteiger partial charge in [0, 0.05) is 30.7 Å². The van der Waals surface area contributed by atoms with E-state index in [0.717, 1.165) is 16.3 Å². The lowest BCUT2D eigenvalue weighted by molar-refractivity contribution is 0.182. The summed E-state index contributed by atoms with van der Waals surface area (Å²) in [6.07, 6.45) is 2.59. The first-order valence-corrected chi connectivity index (χ1v) is 7.89. The lowest BCUT2D eigenvalue weighted by atomic mass is 10.3. The highest BCUT2D eigenvalue weighted by Gasteiger charge is 2.22. The van der Waals surface area contributed by atoms with Gasteiger partial charge in [-0.25, -0.2) is 4.98 Å². The quantitative estimate of drug-likeness (QED) is 0.734. The third-order valence-electron chi connectivity index (χ3n) is 3.28. The maximum Gasteiger partial charge on any atom is 0.165 e. The minimum atomic E-state index is -0.849. The second-order valence-electron chi connectivity index (χ2n) is 4.74. The molecule has 22 heavy (non-hydrogen) atoms. The number of para-hydroxylation sites is 1. The average molecular weight is 332 g/mol. The van der Waals surface area contributed by atoms with Gasteiger partial charge in [-0.1, -0.05) is 29.8 Å². The molecule has 0 aliphatic rings. The van der Waals surface area contributed by atoms with E-state index in [0.29, 0.717) is 10.0 Å². The van der Waals surface area contributed by atoms with E-state index in [-0.39, 0.29) is 0 Å². The second-order valence-corrected chi connectivity index (χ2v) is 6.12. The molecular formula is C16H14ClN3OS. The highest BCUT2D eigenvalue weighted by Crippen LogP contribution is 2.36. The van der Waals surface area contributed by atoms with E-state index < -0.39 is 6.23 Å². The summed E-state index contributed by atoms with van der Waals surface area (Å²) in [5.41, 5.74) is 1.79. The van der Waals surface area contributed by atoms with Crippen LogP contribution in [-0.4, -0.2) is 22.1 Å². The van der Waals surface area contributed by atoms with Gasteiger partial charge < -0.3 is 10.0 Å². The van der Waals surface area contributed by atoms with Gasteiger partial charge in [-0.2, -0.15) is 0 Å². The van der Waals surface area contributed by atoms with E-state index in [4.69, 9.17) is 11.6 Å². The number of pyridine rings is 1. The number of thiazole rings is 1. The molecule has 3 aromatic rings. The summed E-state index contributed by atoms with van der Waals surface area (Å²) in [6, 6.07) is 13.4. The van der Waals surface area contributed by atoms with E-state index in [9.17, 15) is 5.11 Å². The third kappa shape index (κ3) is 2.97. The molecule has 1 N–H and O–H groups in total. The van der Waals surface area contributed by atoms with Gasteiger partial charge in [0.15, 0.2) is 6.23 Å². The smallest absolute Gasteiger partial charge is 0.165 e. The summed E-state index contributed by atoms with van der Waals surface area (Å²) < 4.78 is 0. The van der Waals surface area contributed by atoms with Gasteiger partial charge in [0.2, 0.25) is 0 Å². The van der Waals surface area contributed by atoms with Crippen molar-refractivity contribution in [2.45, 2.75) is 6.23 Å². The lowest BCUT2D eigenvalue weighted by Crippen LogP contribution is -2.23. The van der Waals surface area contributed by atoms with Crippen molar-refractivity contribution in [1.29, 1.82) is 0 Å². The Morgan fingerprint density at radius 1 is 1.18 bits per heavy atom. The first kappa shape index (κ1) is 15.0. The van der Waals surface area contributed by atoms with E-state index in [1.165, 1.54) is 11.3 Å². The molecule has 1 atom stereocenters. The molecule has 112 valence electrons. The zero-order chi connectivity index (χ0) is 15.5. The summed E-state index contributed by atoms with van der Waals surface area (Å²) in [5.74, 6) is 0. The monoisotopic (exact) mass is 331 g/mol. The van der Waals surface area contributed by atoms with Crippen LogP contribution >= 0.6 is 22.9 Å². The van der Waals surface area contributed by atoms with Crippen LogP contribution in [0, 0.1) is 0 Å². The van der Waals surface area contributed by atoms with Gasteiger partial charge in [0.1, 0.15) is 10.2 Å². The van der Waals surface area contributed by atoms with Crippen LogP contribution in [0.1, 0.15) is 11.1 Å². The number of aliphatic hydroxyl groups excluding tert-OH is 1. The Labute approximate surface area is 137 Å². The van der Waals surface area contributed by atoms with Crippen LogP contribution < -0.4 is 4.90 Å². The van der Waals surface area contributed by atoms with Crippen LogP contribution in [0.15, 0.2) is 54.9 Å². The number of hydrogen-bond donors (Lipinski definition) is 1. The molecule has 1 unspecified atom stereocenters. The fourth-order valence-corrected chi connectivity index (χ4v) is 3.39. The Balaban J connectivity index is 1.90. The first-order valence-electron chi connectivity index (χ1n) is 6.69. The Hall–Kier alpha value is -1.95. The molecule has 0 bridgehead atoms. The number of rotatable bonds is 4. The lowest BCUT2D eigenvalue weighted by Gasteiger charge is -2.24. The molecule has 0 fully saturated rings. The maximum absolute atomic E-state index is 10.6. The molecule has 0 aliphatic heterocycles. The molecule has 0 spiro atoms. The normalized spacial score (nSPS) is 12.1. The van der Waals surface area contributed by atoms with E-state index in [2.05, 4.69) is 9.97 Å². The molecule has 1 aromatic carbocycles. The van der Waals surface area contributed by atoms with Gasteiger partial charge in [-0.05, 0) is 24.3 Å². The molecule has 0 aliphatic carbocycles. The van der Waals surface area contributed by atoms with E-state index in [1.807, 2.05) is 49.5 Å². The van der Waals surface area contributed by atoms with E-state index in [1.54, 1.807) is 17.3 Å². The summed E-state index contributed by atoms with van der Waals surface area (Å²) in [7, 11) is 1.82. The van der Waals surface area contributed by atoms with Crippen molar-refractivity contribution < 1.29 is 5.11 Å². The van der Waals surface area contributed by atoms with Crippen LogP contribution in [0.2, 0.25) is 5.15 Å². The van der Waals surface area contributed by atoms with Crippen LogP contribution in [0.5, 0.6) is 0 Å². The standard InChI is InChI=1S/C16H14ClN3OS/c1-20(12-7-3-2-4-8-12)16(21)13-14(17)19-15(22-13)11-6-5-9-18-10-11/h2-10,16,21H,1H3. The van der Waals surface area contributed by atoms with Gasteiger partial charge >= 0.3 is 0 Å². The SMILES string of the molecule is CN(c1ccccc1)C(O)c1sc(-c2cccnc2)nc1Cl. The highest BCUT2D eigenvalue weighted by atomic mass is 35.5. The number of hydrogen-bond acceptors (Lipinski definition) is 5. The molecular weight excluding hydrogens is 318 g/mol. The number of aromatic nitrogens is 2. The number of aliphatic hydroxyl groups is 1. The van der Waals surface area contributed by atoms with Crippen LogP contribution in [0.4, 0.5) is 5.69 Å². The maximum atomic E-state index is 10.6. The molecule has 3 rings (SSSR count). The number of anilines is 1. The Kier molecular flexibility index (Phi) is 4.38. The summed E-state index contributed by atoms with van der Waals surface area (Å²) in [4.78, 5) is 10.8. The van der Waals surface area contributed by atoms with Gasteiger partial charge in [0.05, 0.1) is 4.88 Å². The molecule has 0 amide bonds. The van der Waals surface area contributed by atoms with Crippen molar-refractivity contribution in [3.05, 3.63) is 64.9 Å². The number of halogens is 1. The van der Waals surface area contributed by atoms with Crippen molar-refractivity contribution in [2.24, 2.45) is 0 Å². The summed E-state index contributed by atoms with van der Waals surface area (Å²) >= 11 is 7.58. The first-order chi connectivity index (χ1) is 10.7. The van der Waals surface area contributed by atoms with Gasteiger partial charge in [0.25, 0.3) is 0 Å². The predicted molar refractivity (Wildman–Crippen MR) is 90.2 cm³/mol. The van der Waals surface area contributed by atoms with Crippen LogP contribution in [0.25, 0.3) is 10.6 Å². The largest absolute Gasteiger partial charge is 0.368 e. The molecule has 0 saturated carbocycles. The zero-order valence-electron chi connectivity index (χ0n) is 11.8. The average Bonchev–Trinajstić information content (AvgIpc) is 2.97. The van der Waals surface area contributed by atoms with Gasteiger partial charge in [-0.15, -0.1) is 11.3 Å². The Morgan fingerprint density at radius 3 is 2.64 bits per heavy atom. The molecule has 4 nitrogen and oxygen atoms in total. The number of benzene rings is 1. The van der Waals surface area contributed by atoms with Crippen molar-refractivity contribution in [3.63, 3.8) is 0 Å². The molecule has 6 heteroatoms. The molecule has 0 radical (unpaired) electrons. The van der Waals surface area contributed by atoms with Crippen molar-refractivity contribution in [3.8, 4) is 10.6 Å². The second kappa shape index (κ2) is 6.44. The summed E-state index contributed by atoms with van der Waals surface area (Å²) in [5, 5.41) is 11.6. The number of nitrogens with zero attached hydrogens (tertiary/aromatic N) is 3. The topological polar surface area (TPSA) is 49.2 Å². The Morgan fingerprint density at radius 2 is 1.95 bits per heavy atom. The minimum absolute atomic E-state index is 0.319. The van der Waals surface area contributed by atoms with Crippen LogP contribution in [0.3, 0.4) is 0 Å². The molecule has 2 aromatic heterocycles. The van der Waals surface area contributed by atoms with Crippen molar-refractivity contribution in [2.75, 3.05) is 11.9 Å².